The lowest BCUT2D eigenvalue weighted by molar-refractivity contribution is 0.0708. The zero-order valence-corrected chi connectivity index (χ0v) is 16.6. The largest absolute Gasteiger partial charge is 0.339 e. The molecule has 3 heterocycles. The Kier molecular flexibility index (Phi) is 6.14. The van der Waals surface area contributed by atoms with E-state index < -0.39 is 9.84 Å². The number of hydrogen-bond acceptors (Lipinski definition) is 5. The van der Waals surface area contributed by atoms with Crippen LogP contribution in [0.2, 0.25) is 0 Å². The first kappa shape index (κ1) is 19.8. The summed E-state index contributed by atoms with van der Waals surface area (Å²) in [5, 5.41) is 0. The van der Waals surface area contributed by atoms with E-state index in [-0.39, 0.29) is 29.4 Å². The molecule has 148 valence electrons. The van der Waals surface area contributed by atoms with Crippen LogP contribution in [-0.2, 0) is 9.84 Å². The van der Waals surface area contributed by atoms with Gasteiger partial charge in [0.25, 0.3) is 11.8 Å². The molecular weight excluding hydrogens is 366 g/mol. The Labute approximate surface area is 160 Å². The summed E-state index contributed by atoms with van der Waals surface area (Å²) in [6.45, 7) is 3.72. The smallest absolute Gasteiger partial charge is 0.255 e. The molecule has 8 heteroatoms. The van der Waals surface area contributed by atoms with Crippen LogP contribution in [0.5, 0.6) is 0 Å². The predicted molar refractivity (Wildman–Crippen MR) is 102 cm³/mol. The third-order valence-electron chi connectivity index (χ3n) is 5.38. The van der Waals surface area contributed by atoms with Crippen molar-refractivity contribution in [2.24, 2.45) is 0 Å². The van der Waals surface area contributed by atoms with Gasteiger partial charge in [-0.05, 0) is 32.3 Å². The highest BCUT2D eigenvalue weighted by molar-refractivity contribution is 7.91. The fraction of sp³-hybridized carbons (Fsp3) is 0.632. The average Bonchev–Trinajstić information content (AvgIpc) is 2.87. The number of amides is 2. The molecule has 3 rings (SSSR count). The van der Waals surface area contributed by atoms with Crippen molar-refractivity contribution in [3.05, 3.63) is 29.6 Å². The van der Waals surface area contributed by atoms with E-state index in [1.807, 2.05) is 11.8 Å². The Morgan fingerprint density at radius 3 is 2.41 bits per heavy atom. The lowest BCUT2D eigenvalue weighted by Crippen LogP contribution is -2.41. The van der Waals surface area contributed by atoms with Crippen LogP contribution in [0.3, 0.4) is 0 Å². The molecule has 0 spiro atoms. The summed E-state index contributed by atoms with van der Waals surface area (Å²) in [6, 6.07) is 1.28. The van der Waals surface area contributed by atoms with Crippen molar-refractivity contribution in [3.63, 3.8) is 0 Å². The van der Waals surface area contributed by atoms with Crippen LogP contribution in [0.4, 0.5) is 0 Å². The van der Waals surface area contributed by atoms with E-state index in [4.69, 9.17) is 0 Å². The summed E-state index contributed by atoms with van der Waals surface area (Å²) in [5.74, 6) is -0.234. The van der Waals surface area contributed by atoms with E-state index in [0.717, 1.165) is 38.8 Å². The van der Waals surface area contributed by atoms with E-state index in [1.54, 1.807) is 11.0 Å². The van der Waals surface area contributed by atoms with Crippen molar-refractivity contribution < 1.29 is 18.0 Å². The van der Waals surface area contributed by atoms with E-state index in [2.05, 4.69) is 4.98 Å². The number of carbonyl (C=O) groups excluding carboxylic acids is 2. The third kappa shape index (κ3) is 4.66. The van der Waals surface area contributed by atoms with Gasteiger partial charge in [0.2, 0.25) is 0 Å². The fourth-order valence-electron chi connectivity index (χ4n) is 3.88. The highest BCUT2D eigenvalue weighted by Crippen LogP contribution is 2.20. The Balaban J connectivity index is 1.77. The van der Waals surface area contributed by atoms with Gasteiger partial charge in [0.05, 0.1) is 22.6 Å². The molecule has 0 N–H and O–H groups in total. The molecule has 0 saturated carbocycles. The zero-order valence-electron chi connectivity index (χ0n) is 15.8. The number of hydrogen-bond donors (Lipinski definition) is 0. The molecule has 2 fully saturated rings. The summed E-state index contributed by atoms with van der Waals surface area (Å²) in [5.41, 5.74) is 0.750. The fourth-order valence-corrected chi connectivity index (χ4v) is 5.62. The van der Waals surface area contributed by atoms with Crippen LogP contribution in [0, 0.1) is 0 Å². The molecule has 1 atom stereocenters. The monoisotopic (exact) mass is 393 g/mol. The molecule has 1 unspecified atom stereocenters. The van der Waals surface area contributed by atoms with Crippen LogP contribution >= 0.6 is 0 Å². The van der Waals surface area contributed by atoms with Gasteiger partial charge in [0.15, 0.2) is 9.84 Å². The summed E-state index contributed by atoms with van der Waals surface area (Å²) in [6.07, 6.45) is 7.68. The average molecular weight is 394 g/mol. The van der Waals surface area contributed by atoms with Gasteiger partial charge < -0.3 is 9.80 Å². The number of pyridine rings is 1. The van der Waals surface area contributed by atoms with Gasteiger partial charge in [-0.2, -0.15) is 0 Å². The Bertz CT molecular complexity index is 801. The molecule has 0 aromatic carbocycles. The van der Waals surface area contributed by atoms with Gasteiger partial charge in [0, 0.05) is 38.1 Å². The molecule has 2 amide bonds. The second kappa shape index (κ2) is 8.37. The quantitative estimate of drug-likeness (QED) is 0.778. The van der Waals surface area contributed by atoms with Crippen LogP contribution in [0.25, 0.3) is 0 Å². The van der Waals surface area contributed by atoms with Crippen molar-refractivity contribution >= 4 is 21.7 Å². The normalized spacial score (nSPS) is 22.3. The van der Waals surface area contributed by atoms with Crippen molar-refractivity contribution in [2.45, 2.75) is 45.1 Å². The molecule has 27 heavy (non-hydrogen) atoms. The number of carbonyl (C=O) groups is 2. The van der Waals surface area contributed by atoms with E-state index >= 15 is 0 Å². The minimum Gasteiger partial charge on any atom is -0.339 e. The number of rotatable bonds is 4. The Morgan fingerprint density at radius 1 is 1.15 bits per heavy atom. The van der Waals surface area contributed by atoms with Crippen molar-refractivity contribution in [1.29, 1.82) is 0 Å². The topological polar surface area (TPSA) is 87.7 Å². The SMILES string of the molecule is CCN(C(=O)c1cncc(C(=O)N2CCCCCC2)c1)C1CCS(=O)(=O)C1. The zero-order chi connectivity index (χ0) is 19.4. The molecule has 1 aromatic rings. The van der Waals surface area contributed by atoms with Crippen molar-refractivity contribution in [3.8, 4) is 0 Å². The van der Waals surface area contributed by atoms with Crippen LogP contribution in [0.1, 0.15) is 59.7 Å². The minimum absolute atomic E-state index is 0.00636. The highest BCUT2D eigenvalue weighted by atomic mass is 32.2. The number of likely N-dealkylation sites (tertiary alicyclic amines) is 1. The standard InChI is InChI=1S/C19H27N3O4S/c1-2-22(17-7-10-27(25,26)14-17)19(24)16-11-15(12-20-13-16)18(23)21-8-5-3-4-6-9-21/h11-13,17H,2-10,14H2,1H3. The second-order valence-corrected chi connectivity index (χ2v) is 9.55. The maximum atomic E-state index is 12.9. The second-order valence-electron chi connectivity index (χ2n) is 7.32. The first-order chi connectivity index (χ1) is 12.9. The molecule has 0 aliphatic carbocycles. The van der Waals surface area contributed by atoms with E-state index in [1.165, 1.54) is 12.4 Å². The maximum absolute atomic E-state index is 12.9. The van der Waals surface area contributed by atoms with Gasteiger partial charge in [-0.1, -0.05) is 12.8 Å². The molecular formula is C19H27N3O4S. The van der Waals surface area contributed by atoms with Crippen LogP contribution < -0.4 is 0 Å². The molecule has 0 bridgehead atoms. The lowest BCUT2D eigenvalue weighted by atomic mass is 10.1. The van der Waals surface area contributed by atoms with Crippen LogP contribution in [-0.4, -0.2) is 72.2 Å². The number of nitrogens with zero attached hydrogens (tertiary/aromatic N) is 3. The van der Waals surface area contributed by atoms with Crippen LogP contribution in [0.15, 0.2) is 18.5 Å². The number of aromatic nitrogens is 1. The van der Waals surface area contributed by atoms with Gasteiger partial charge >= 0.3 is 0 Å². The summed E-state index contributed by atoms with van der Waals surface area (Å²) >= 11 is 0. The first-order valence-electron chi connectivity index (χ1n) is 9.67. The van der Waals surface area contributed by atoms with Crippen molar-refractivity contribution in [1.82, 2.24) is 14.8 Å². The molecule has 2 aliphatic heterocycles. The number of sulfone groups is 1. The lowest BCUT2D eigenvalue weighted by Gasteiger charge is -2.27. The molecule has 0 radical (unpaired) electrons. The van der Waals surface area contributed by atoms with Gasteiger partial charge in [-0.25, -0.2) is 8.42 Å². The minimum atomic E-state index is -3.08. The Hall–Kier alpha value is -1.96. The van der Waals surface area contributed by atoms with Gasteiger partial charge in [-0.15, -0.1) is 0 Å². The van der Waals surface area contributed by atoms with E-state index in [0.29, 0.717) is 24.1 Å². The van der Waals surface area contributed by atoms with Gasteiger partial charge in [0.1, 0.15) is 0 Å². The Morgan fingerprint density at radius 2 is 1.81 bits per heavy atom. The third-order valence-corrected chi connectivity index (χ3v) is 7.13. The maximum Gasteiger partial charge on any atom is 0.255 e. The van der Waals surface area contributed by atoms with E-state index in [9.17, 15) is 18.0 Å². The predicted octanol–water partition coefficient (Wildman–Crippen LogP) is 1.75. The summed E-state index contributed by atoms with van der Waals surface area (Å²) in [4.78, 5) is 33.3. The highest BCUT2D eigenvalue weighted by Gasteiger charge is 2.34. The molecule has 2 aliphatic rings. The summed E-state index contributed by atoms with van der Waals surface area (Å²) < 4.78 is 23.5. The molecule has 2 saturated heterocycles. The first-order valence-corrected chi connectivity index (χ1v) is 11.5. The van der Waals surface area contributed by atoms with Gasteiger partial charge in [-0.3, -0.25) is 14.6 Å². The molecule has 7 nitrogen and oxygen atoms in total. The summed E-state index contributed by atoms with van der Waals surface area (Å²) in [7, 11) is -3.08. The van der Waals surface area contributed by atoms with Crippen molar-refractivity contribution in [2.75, 3.05) is 31.1 Å². The molecule has 1 aromatic heterocycles.